The molecule has 0 atom stereocenters. The van der Waals surface area contributed by atoms with Crippen LogP contribution in [0.2, 0.25) is 0 Å². The van der Waals surface area contributed by atoms with Crippen LogP contribution < -0.4 is 0 Å². The van der Waals surface area contributed by atoms with Crippen molar-refractivity contribution in [3.63, 3.8) is 0 Å². The van der Waals surface area contributed by atoms with Gasteiger partial charge in [-0.2, -0.15) is 0 Å². The molecule has 0 heterocycles. The predicted octanol–water partition coefficient (Wildman–Crippen LogP) is 1.31. The fourth-order valence-electron chi connectivity index (χ4n) is 0.981. The zero-order valence-corrected chi connectivity index (χ0v) is 11.4. The summed E-state index contributed by atoms with van der Waals surface area (Å²) < 4.78 is 0. The van der Waals surface area contributed by atoms with E-state index in [4.69, 9.17) is 20.4 Å². The molecular weight excluding hydrogens is 220 g/mol. The lowest BCUT2D eigenvalue weighted by Gasteiger charge is -2.16. The lowest BCUT2D eigenvalue weighted by atomic mass is 9.97. The third-order valence-electron chi connectivity index (χ3n) is 2.42. The van der Waals surface area contributed by atoms with Crippen molar-refractivity contribution in [1.82, 2.24) is 0 Å². The molecule has 4 heteroatoms. The molecule has 0 radical (unpaired) electrons. The summed E-state index contributed by atoms with van der Waals surface area (Å²) in [5.74, 6) is 0. The molecule has 0 fully saturated rings. The zero-order chi connectivity index (χ0) is 13.6. The molecule has 0 aliphatic carbocycles. The average Bonchev–Trinajstić information content (AvgIpc) is 2.34. The summed E-state index contributed by atoms with van der Waals surface area (Å²) in [7, 11) is 0. The van der Waals surface area contributed by atoms with Crippen LogP contribution in [-0.2, 0) is 0 Å². The van der Waals surface area contributed by atoms with E-state index < -0.39 is 0 Å². The minimum Gasteiger partial charge on any atom is -0.396 e. The van der Waals surface area contributed by atoms with Crippen molar-refractivity contribution in [3.8, 4) is 0 Å². The van der Waals surface area contributed by atoms with E-state index in [2.05, 4.69) is 0 Å². The number of hydrogen-bond acceptors (Lipinski definition) is 4. The van der Waals surface area contributed by atoms with Crippen LogP contribution in [0, 0.1) is 5.41 Å². The lowest BCUT2D eigenvalue weighted by molar-refractivity contribution is 0.0857. The van der Waals surface area contributed by atoms with Gasteiger partial charge in [0.25, 0.3) is 0 Å². The lowest BCUT2D eigenvalue weighted by Crippen LogP contribution is -2.20. The summed E-state index contributed by atoms with van der Waals surface area (Å²) in [6.45, 7) is 4.33. The van der Waals surface area contributed by atoms with Crippen molar-refractivity contribution in [3.05, 3.63) is 0 Å². The Hall–Kier alpha value is -0.160. The first-order chi connectivity index (χ1) is 8.04. The van der Waals surface area contributed by atoms with Gasteiger partial charge in [-0.05, 0) is 12.8 Å². The largest absolute Gasteiger partial charge is 0.396 e. The maximum atomic E-state index is 8.43. The Bertz CT molecular complexity index is 123. The summed E-state index contributed by atoms with van der Waals surface area (Å²) >= 11 is 0. The van der Waals surface area contributed by atoms with E-state index in [1.54, 1.807) is 13.8 Å². The van der Waals surface area contributed by atoms with Crippen molar-refractivity contribution in [1.29, 1.82) is 0 Å². The van der Waals surface area contributed by atoms with E-state index in [1.807, 2.05) is 0 Å². The van der Waals surface area contributed by atoms with Crippen LogP contribution in [0.5, 0.6) is 0 Å². The molecule has 0 bridgehead atoms. The van der Waals surface area contributed by atoms with E-state index in [1.165, 1.54) is 12.8 Å². The Morgan fingerprint density at radius 3 is 1.06 bits per heavy atom. The minimum absolute atomic E-state index is 0.0451. The highest BCUT2D eigenvalue weighted by atomic mass is 16.3. The zero-order valence-electron chi connectivity index (χ0n) is 11.4. The van der Waals surface area contributed by atoms with Crippen molar-refractivity contribution >= 4 is 0 Å². The topological polar surface area (TPSA) is 80.9 Å². The molecule has 0 spiro atoms. The van der Waals surface area contributed by atoms with Gasteiger partial charge in [0, 0.05) is 18.6 Å². The highest BCUT2D eigenvalue weighted by Gasteiger charge is 2.13. The van der Waals surface area contributed by atoms with Crippen LogP contribution in [-0.4, -0.2) is 46.9 Å². The molecule has 0 aromatic carbocycles. The molecule has 0 saturated heterocycles. The third-order valence-corrected chi connectivity index (χ3v) is 2.42. The summed E-state index contributed by atoms with van der Waals surface area (Å²) in [6, 6.07) is 0. The van der Waals surface area contributed by atoms with E-state index in [0.29, 0.717) is 13.2 Å². The molecule has 0 unspecified atom stereocenters. The molecule has 0 saturated carbocycles. The smallest absolute Gasteiger partial charge is 0.0504 e. The Labute approximate surface area is 105 Å². The molecule has 0 aromatic heterocycles. The Balaban J connectivity index is 0. The summed E-state index contributed by atoms with van der Waals surface area (Å²) in [6.07, 6.45) is 6.50. The normalized spacial score (nSPS) is 10.9. The van der Waals surface area contributed by atoms with E-state index in [9.17, 15) is 0 Å². The number of unbranched alkanes of at least 4 members (excludes halogenated alkanes) is 5. The highest BCUT2D eigenvalue weighted by molar-refractivity contribution is 4.62. The first-order valence-corrected chi connectivity index (χ1v) is 6.47. The first-order valence-electron chi connectivity index (χ1n) is 6.47. The van der Waals surface area contributed by atoms with Crippen molar-refractivity contribution in [2.75, 3.05) is 26.4 Å². The van der Waals surface area contributed by atoms with Crippen LogP contribution in [0.4, 0.5) is 0 Å². The molecule has 0 rings (SSSR count). The van der Waals surface area contributed by atoms with Crippen LogP contribution in [0.25, 0.3) is 0 Å². The molecule has 0 aliphatic rings. The molecule has 4 nitrogen and oxygen atoms in total. The second kappa shape index (κ2) is 13.9. The van der Waals surface area contributed by atoms with Gasteiger partial charge in [0.15, 0.2) is 0 Å². The molecule has 0 amide bonds. The molecule has 0 aromatic rings. The fourth-order valence-corrected chi connectivity index (χ4v) is 0.981. The average molecular weight is 250 g/mol. The van der Waals surface area contributed by atoms with Gasteiger partial charge in [-0.1, -0.05) is 39.5 Å². The number of hydrogen-bond donors (Lipinski definition) is 4. The Morgan fingerprint density at radius 1 is 0.588 bits per heavy atom. The monoisotopic (exact) mass is 250 g/mol. The second-order valence-electron chi connectivity index (χ2n) is 5.05. The number of aliphatic hydroxyl groups excluding tert-OH is 4. The highest BCUT2D eigenvalue weighted by Crippen LogP contribution is 2.10. The van der Waals surface area contributed by atoms with Gasteiger partial charge >= 0.3 is 0 Å². The van der Waals surface area contributed by atoms with Gasteiger partial charge in [-0.15, -0.1) is 0 Å². The quantitative estimate of drug-likeness (QED) is 0.465. The van der Waals surface area contributed by atoms with Crippen LogP contribution in [0.3, 0.4) is 0 Å². The van der Waals surface area contributed by atoms with Crippen molar-refractivity contribution < 1.29 is 20.4 Å². The van der Waals surface area contributed by atoms with Gasteiger partial charge in [0.05, 0.1) is 13.2 Å². The molecule has 17 heavy (non-hydrogen) atoms. The van der Waals surface area contributed by atoms with E-state index in [-0.39, 0.29) is 18.6 Å². The molecule has 106 valence electrons. The van der Waals surface area contributed by atoms with Gasteiger partial charge < -0.3 is 20.4 Å². The number of aliphatic hydroxyl groups is 4. The Kier molecular flexibility index (Phi) is 15.7. The molecule has 0 aliphatic heterocycles. The Morgan fingerprint density at radius 2 is 0.882 bits per heavy atom. The van der Waals surface area contributed by atoms with Gasteiger partial charge in [0.1, 0.15) is 0 Å². The number of rotatable bonds is 9. The summed E-state index contributed by atoms with van der Waals surface area (Å²) in [4.78, 5) is 0. The van der Waals surface area contributed by atoms with Crippen molar-refractivity contribution in [2.24, 2.45) is 5.41 Å². The van der Waals surface area contributed by atoms with Crippen LogP contribution in [0.15, 0.2) is 0 Å². The maximum absolute atomic E-state index is 8.43. The van der Waals surface area contributed by atoms with E-state index in [0.717, 1.165) is 25.7 Å². The van der Waals surface area contributed by atoms with E-state index >= 15 is 0 Å². The summed E-state index contributed by atoms with van der Waals surface area (Å²) in [5, 5.41) is 33.7. The second-order valence-corrected chi connectivity index (χ2v) is 5.05. The maximum Gasteiger partial charge on any atom is 0.0504 e. The first kappa shape index (κ1) is 19.2. The standard InChI is InChI=1S/C8H18O2.C5H12O2/c9-7-5-3-1-2-4-6-8-10;1-5(2,3-6)4-7/h9-10H,1-8H2;6-7H,3-4H2,1-2H3. The molecular formula is C13H30O4. The van der Waals surface area contributed by atoms with Crippen molar-refractivity contribution in [2.45, 2.75) is 52.4 Å². The van der Waals surface area contributed by atoms with Crippen LogP contribution >= 0.6 is 0 Å². The molecule has 4 N–H and O–H groups in total. The fraction of sp³-hybridized carbons (Fsp3) is 1.00. The van der Waals surface area contributed by atoms with Gasteiger partial charge in [-0.25, -0.2) is 0 Å². The predicted molar refractivity (Wildman–Crippen MR) is 69.8 cm³/mol. The van der Waals surface area contributed by atoms with Crippen LogP contribution in [0.1, 0.15) is 52.4 Å². The minimum atomic E-state index is -0.306. The SMILES string of the molecule is CC(C)(CO)CO.OCCCCCCCCO. The van der Waals surface area contributed by atoms with Gasteiger partial charge in [-0.3, -0.25) is 0 Å². The summed E-state index contributed by atoms with van der Waals surface area (Å²) in [5.41, 5.74) is -0.306. The van der Waals surface area contributed by atoms with Gasteiger partial charge in [0.2, 0.25) is 0 Å². The third kappa shape index (κ3) is 18.4.